The van der Waals surface area contributed by atoms with Crippen molar-refractivity contribution in [1.82, 2.24) is 4.90 Å². The maximum absolute atomic E-state index is 13.2. The molecule has 2 aromatic rings. The molecule has 0 bridgehead atoms. The number of β-amino-alcohol motifs (C(OH)–C–C–N with tert-alkyl or cyclic N) is 2. The average Bonchev–Trinajstić information content (AvgIpc) is 2.95. The number of piperidine rings is 1. The molecule has 0 aromatic heterocycles. The Morgan fingerprint density at radius 1 is 0.969 bits per heavy atom. The largest absolute Gasteiger partial charge is 0.490 e. The summed E-state index contributed by atoms with van der Waals surface area (Å²) in [5.74, 6) is 0.378. The first-order valence-corrected chi connectivity index (χ1v) is 11.3. The van der Waals surface area contributed by atoms with Crippen LogP contribution in [-0.2, 0) is 4.74 Å². The van der Waals surface area contributed by atoms with Crippen molar-refractivity contribution >= 4 is 17.3 Å². The number of hydrogen-bond acceptors (Lipinski definition) is 6. The normalized spacial score (nSPS) is 24.2. The fraction of sp³-hybridized carbons (Fsp3) is 0.500. The molecule has 0 amide bonds. The van der Waals surface area contributed by atoms with Gasteiger partial charge in [-0.2, -0.15) is 0 Å². The number of rotatable bonds is 6. The van der Waals surface area contributed by atoms with Crippen molar-refractivity contribution in [2.24, 2.45) is 0 Å². The Labute approximate surface area is 193 Å². The van der Waals surface area contributed by atoms with Crippen molar-refractivity contribution in [1.29, 1.82) is 0 Å². The second kappa shape index (κ2) is 9.93. The third-order valence-electron chi connectivity index (χ3n) is 6.17. The van der Waals surface area contributed by atoms with E-state index >= 15 is 0 Å². The summed E-state index contributed by atoms with van der Waals surface area (Å²) >= 11 is 5.91. The fourth-order valence-electron chi connectivity index (χ4n) is 4.37. The molecule has 8 heteroatoms. The highest BCUT2D eigenvalue weighted by Crippen LogP contribution is 2.28. The molecule has 2 aliphatic heterocycles. The van der Waals surface area contributed by atoms with Crippen LogP contribution in [0.4, 0.5) is 10.1 Å². The SMILES string of the molecule is OC1(CN2CCOCC(O)(COc3ccc(Cl)cc3)C2)CCN(c2ccc(F)cc2)CC1. The van der Waals surface area contributed by atoms with E-state index < -0.39 is 11.2 Å². The van der Waals surface area contributed by atoms with Crippen molar-refractivity contribution < 1.29 is 24.1 Å². The van der Waals surface area contributed by atoms with E-state index in [-0.39, 0.29) is 19.0 Å². The van der Waals surface area contributed by atoms with Crippen LogP contribution in [0.2, 0.25) is 5.02 Å². The molecule has 6 nitrogen and oxygen atoms in total. The van der Waals surface area contributed by atoms with Crippen LogP contribution in [0.5, 0.6) is 5.75 Å². The number of nitrogens with zero attached hydrogens (tertiary/aromatic N) is 2. The van der Waals surface area contributed by atoms with Gasteiger partial charge in [0.25, 0.3) is 0 Å². The molecule has 4 rings (SSSR count). The Bertz CT molecular complexity index is 875. The lowest BCUT2D eigenvalue weighted by molar-refractivity contribution is -0.0742. The highest BCUT2D eigenvalue weighted by atomic mass is 35.5. The molecular weight excluding hydrogens is 435 g/mol. The van der Waals surface area contributed by atoms with E-state index in [1.165, 1.54) is 12.1 Å². The highest BCUT2D eigenvalue weighted by Gasteiger charge is 2.39. The van der Waals surface area contributed by atoms with Crippen molar-refractivity contribution in [2.75, 3.05) is 57.4 Å². The second-order valence-electron chi connectivity index (χ2n) is 8.92. The first-order chi connectivity index (χ1) is 15.3. The number of anilines is 1. The van der Waals surface area contributed by atoms with Crippen molar-refractivity contribution in [2.45, 2.75) is 24.0 Å². The molecule has 1 unspecified atom stereocenters. The Balaban J connectivity index is 1.32. The van der Waals surface area contributed by atoms with Gasteiger partial charge in [0.05, 0.1) is 18.8 Å². The molecule has 0 radical (unpaired) electrons. The van der Waals surface area contributed by atoms with Gasteiger partial charge in [-0.15, -0.1) is 0 Å². The van der Waals surface area contributed by atoms with Gasteiger partial charge in [0.15, 0.2) is 0 Å². The van der Waals surface area contributed by atoms with Gasteiger partial charge >= 0.3 is 0 Å². The number of aliphatic hydroxyl groups is 2. The van der Waals surface area contributed by atoms with Crippen LogP contribution >= 0.6 is 11.6 Å². The number of hydrogen-bond donors (Lipinski definition) is 2. The van der Waals surface area contributed by atoms with E-state index in [2.05, 4.69) is 9.80 Å². The van der Waals surface area contributed by atoms with Gasteiger partial charge in [0, 0.05) is 43.4 Å². The van der Waals surface area contributed by atoms with Crippen LogP contribution in [0.1, 0.15) is 12.8 Å². The predicted octanol–water partition coefficient (Wildman–Crippen LogP) is 2.95. The van der Waals surface area contributed by atoms with Crippen LogP contribution in [-0.4, -0.2) is 78.9 Å². The highest BCUT2D eigenvalue weighted by molar-refractivity contribution is 6.30. The summed E-state index contributed by atoms with van der Waals surface area (Å²) in [5.41, 5.74) is -1.06. The maximum atomic E-state index is 13.2. The molecule has 2 fully saturated rings. The van der Waals surface area contributed by atoms with Gasteiger partial charge in [-0.1, -0.05) is 11.6 Å². The Morgan fingerprint density at radius 3 is 2.34 bits per heavy atom. The molecule has 0 saturated carbocycles. The minimum Gasteiger partial charge on any atom is -0.490 e. The zero-order chi connectivity index (χ0) is 22.6. The van der Waals surface area contributed by atoms with Gasteiger partial charge in [0.2, 0.25) is 0 Å². The standard InChI is InChI=1S/C24H30ClFN2O4/c25-19-1-7-22(8-2-19)32-18-24(30)16-27(13-14-31-17-24)15-23(29)9-11-28(12-10-23)21-5-3-20(26)4-6-21/h1-8,29-30H,9-18H2. The second-order valence-corrected chi connectivity index (χ2v) is 9.35. The minimum atomic E-state index is -1.18. The summed E-state index contributed by atoms with van der Waals surface area (Å²) in [6.45, 7) is 3.57. The number of ether oxygens (including phenoxy) is 2. The first kappa shape index (κ1) is 23.3. The minimum absolute atomic E-state index is 0.0852. The number of halogens is 2. The van der Waals surface area contributed by atoms with E-state index in [1.54, 1.807) is 36.4 Å². The summed E-state index contributed by atoms with van der Waals surface area (Å²) in [6, 6.07) is 13.5. The van der Waals surface area contributed by atoms with Crippen molar-refractivity contribution in [3.8, 4) is 5.75 Å². The van der Waals surface area contributed by atoms with Crippen LogP contribution in [0, 0.1) is 5.82 Å². The van der Waals surface area contributed by atoms with Crippen LogP contribution in [0.25, 0.3) is 0 Å². The summed E-state index contributed by atoms with van der Waals surface area (Å²) in [7, 11) is 0. The summed E-state index contributed by atoms with van der Waals surface area (Å²) in [4.78, 5) is 4.22. The Morgan fingerprint density at radius 2 is 1.66 bits per heavy atom. The third kappa shape index (κ3) is 6.11. The molecule has 2 heterocycles. The van der Waals surface area contributed by atoms with Gasteiger partial charge in [0.1, 0.15) is 23.8 Å². The van der Waals surface area contributed by atoms with Gasteiger partial charge in [-0.3, -0.25) is 4.90 Å². The van der Waals surface area contributed by atoms with Crippen molar-refractivity contribution in [3.05, 3.63) is 59.4 Å². The zero-order valence-electron chi connectivity index (χ0n) is 18.1. The van der Waals surface area contributed by atoms with Crippen molar-refractivity contribution in [3.63, 3.8) is 0 Å². The van der Waals surface area contributed by atoms with Gasteiger partial charge in [-0.05, 0) is 61.4 Å². The fourth-order valence-corrected chi connectivity index (χ4v) is 4.50. The molecule has 2 N–H and O–H groups in total. The molecule has 0 spiro atoms. The van der Waals surface area contributed by atoms with E-state index in [1.807, 2.05) is 0 Å². The molecule has 2 saturated heterocycles. The van der Waals surface area contributed by atoms with E-state index in [0.717, 1.165) is 5.69 Å². The van der Waals surface area contributed by atoms with Crippen LogP contribution < -0.4 is 9.64 Å². The Kier molecular flexibility index (Phi) is 7.22. The lowest BCUT2D eigenvalue weighted by Gasteiger charge is -2.42. The third-order valence-corrected chi connectivity index (χ3v) is 6.42. The van der Waals surface area contributed by atoms with Gasteiger partial charge in [-0.25, -0.2) is 4.39 Å². The summed E-state index contributed by atoms with van der Waals surface area (Å²) in [6.07, 6.45) is 1.20. The molecule has 32 heavy (non-hydrogen) atoms. The quantitative estimate of drug-likeness (QED) is 0.685. The van der Waals surface area contributed by atoms with E-state index in [0.29, 0.717) is 62.9 Å². The molecule has 2 aromatic carbocycles. The molecular formula is C24H30ClFN2O4. The molecule has 2 aliphatic rings. The molecule has 0 aliphatic carbocycles. The maximum Gasteiger partial charge on any atom is 0.134 e. The lowest BCUT2D eigenvalue weighted by Crippen LogP contribution is -2.55. The Hall–Kier alpha value is -1.90. The summed E-state index contributed by atoms with van der Waals surface area (Å²) < 4.78 is 24.6. The molecule has 174 valence electrons. The molecule has 1 atom stereocenters. The van der Waals surface area contributed by atoms with Gasteiger partial charge < -0.3 is 24.6 Å². The van der Waals surface area contributed by atoms with Crippen LogP contribution in [0.3, 0.4) is 0 Å². The lowest BCUT2D eigenvalue weighted by atomic mass is 9.90. The topological polar surface area (TPSA) is 65.4 Å². The van der Waals surface area contributed by atoms with E-state index in [4.69, 9.17) is 21.1 Å². The monoisotopic (exact) mass is 464 g/mol. The smallest absolute Gasteiger partial charge is 0.134 e. The predicted molar refractivity (Wildman–Crippen MR) is 122 cm³/mol. The van der Waals surface area contributed by atoms with E-state index in [9.17, 15) is 14.6 Å². The van der Waals surface area contributed by atoms with Crippen LogP contribution in [0.15, 0.2) is 48.5 Å². The zero-order valence-corrected chi connectivity index (χ0v) is 18.8. The average molecular weight is 465 g/mol. The summed E-state index contributed by atoms with van der Waals surface area (Å²) in [5, 5.41) is 23.0. The first-order valence-electron chi connectivity index (χ1n) is 11.0. The number of benzene rings is 2.